The molecule has 1 saturated heterocycles. The zero-order chi connectivity index (χ0) is 21.3. The third kappa shape index (κ3) is 4.18. The van der Waals surface area contributed by atoms with Crippen molar-refractivity contribution in [3.8, 4) is 5.69 Å². The Bertz CT molecular complexity index is 1180. The van der Waals surface area contributed by atoms with Gasteiger partial charge >= 0.3 is 0 Å². The Kier molecular flexibility index (Phi) is 6.29. The fourth-order valence-corrected chi connectivity index (χ4v) is 6.13. The van der Waals surface area contributed by atoms with E-state index in [4.69, 9.17) is 35.4 Å². The molecule has 158 valence electrons. The summed E-state index contributed by atoms with van der Waals surface area (Å²) in [6.07, 6.45) is 1.69. The molecule has 0 N–H and O–H groups in total. The van der Waals surface area contributed by atoms with E-state index < -0.39 is 10.0 Å². The van der Waals surface area contributed by atoms with Gasteiger partial charge in [-0.25, -0.2) is 13.1 Å². The van der Waals surface area contributed by atoms with Gasteiger partial charge in [0.15, 0.2) is 0 Å². The molecule has 2 aromatic carbocycles. The Morgan fingerprint density at radius 3 is 2.20 bits per heavy atom. The van der Waals surface area contributed by atoms with Crippen molar-refractivity contribution in [2.45, 2.75) is 11.6 Å². The minimum atomic E-state index is -3.76. The normalized spacial score (nSPS) is 16.1. The number of aromatic nitrogens is 3. The maximum Gasteiger partial charge on any atom is 0.246 e. The lowest BCUT2D eigenvalue weighted by Gasteiger charge is -2.33. The fraction of sp³-hybridized carbons (Fsp3) is 0.263. The van der Waals surface area contributed by atoms with Crippen LogP contribution in [0, 0.1) is 4.77 Å². The molecule has 3 aromatic rings. The summed E-state index contributed by atoms with van der Waals surface area (Å²) in [4.78, 5) is 2.07. The topological polar surface area (TPSA) is 63.4 Å². The molecule has 0 amide bonds. The van der Waals surface area contributed by atoms with Crippen LogP contribution in [0.2, 0.25) is 10.0 Å². The van der Waals surface area contributed by atoms with E-state index in [0.29, 0.717) is 37.6 Å². The molecule has 0 atom stereocenters. The highest BCUT2D eigenvalue weighted by Crippen LogP contribution is 2.31. The smallest absolute Gasteiger partial charge is 0.246 e. The first kappa shape index (κ1) is 21.5. The highest BCUT2D eigenvalue weighted by Gasteiger charge is 2.32. The fourth-order valence-electron chi connectivity index (χ4n) is 3.36. The van der Waals surface area contributed by atoms with Crippen molar-refractivity contribution < 1.29 is 8.42 Å². The SMILES string of the molecule is O=S(=O)(c1c(Cl)cccc1Cl)N1CCN(Cn2ncn(-c3ccccc3)c2=S)CC1. The van der Waals surface area contributed by atoms with Crippen LogP contribution in [0.25, 0.3) is 5.69 Å². The van der Waals surface area contributed by atoms with Crippen molar-refractivity contribution in [2.24, 2.45) is 0 Å². The molecule has 7 nitrogen and oxygen atoms in total. The van der Waals surface area contributed by atoms with Crippen LogP contribution in [0.3, 0.4) is 0 Å². The number of rotatable bonds is 5. The quantitative estimate of drug-likeness (QED) is 0.518. The number of benzene rings is 2. The van der Waals surface area contributed by atoms with Crippen LogP contribution in [-0.4, -0.2) is 58.1 Å². The summed E-state index contributed by atoms with van der Waals surface area (Å²) >= 11 is 17.8. The molecule has 1 aliphatic rings. The molecule has 0 aliphatic carbocycles. The van der Waals surface area contributed by atoms with Gasteiger partial charge in [0.2, 0.25) is 14.8 Å². The van der Waals surface area contributed by atoms with E-state index in [2.05, 4.69) is 10.00 Å². The third-order valence-corrected chi connectivity index (χ3v) is 8.21. The lowest BCUT2D eigenvalue weighted by molar-refractivity contribution is 0.144. The zero-order valence-electron chi connectivity index (χ0n) is 15.9. The van der Waals surface area contributed by atoms with Gasteiger partial charge in [0, 0.05) is 31.9 Å². The van der Waals surface area contributed by atoms with Crippen molar-refractivity contribution >= 4 is 45.4 Å². The number of nitrogens with zero attached hydrogens (tertiary/aromatic N) is 5. The van der Waals surface area contributed by atoms with E-state index in [1.165, 1.54) is 16.4 Å². The van der Waals surface area contributed by atoms with Crippen LogP contribution in [0.4, 0.5) is 0 Å². The van der Waals surface area contributed by atoms with E-state index in [1.807, 2.05) is 34.9 Å². The van der Waals surface area contributed by atoms with Crippen LogP contribution in [0.15, 0.2) is 59.8 Å². The molecular weight excluding hydrogens is 465 g/mol. The highest BCUT2D eigenvalue weighted by molar-refractivity contribution is 7.89. The second-order valence-corrected chi connectivity index (χ2v) is 9.89. The Morgan fingerprint density at radius 2 is 1.57 bits per heavy atom. The van der Waals surface area contributed by atoms with Gasteiger partial charge in [0.25, 0.3) is 0 Å². The maximum atomic E-state index is 13.0. The maximum absolute atomic E-state index is 13.0. The van der Waals surface area contributed by atoms with Gasteiger partial charge in [-0.15, -0.1) is 0 Å². The van der Waals surface area contributed by atoms with Crippen LogP contribution in [-0.2, 0) is 16.7 Å². The Labute approximate surface area is 190 Å². The summed E-state index contributed by atoms with van der Waals surface area (Å²) in [5, 5.41) is 4.65. The zero-order valence-corrected chi connectivity index (χ0v) is 19.0. The standard InChI is InChI=1S/C19H19Cl2N5O2S2/c20-16-7-4-8-17(21)18(16)30(27,28)24-11-9-23(10-12-24)14-26-19(29)25(13-22-26)15-5-2-1-3-6-15/h1-8,13H,9-12,14H2. The molecule has 0 unspecified atom stereocenters. The highest BCUT2D eigenvalue weighted by atomic mass is 35.5. The number of halogens is 2. The molecule has 0 radical (unpaired) electrons. The van der Waals surface area contributed by atoms with Gasteiger partial charge < -0.3 is 0 Å². The van der Waals surface area contributed by atoms with E-state index in [-0.39, 0.29) is 14.9 Å². The van der Waals surface area contributed by atoms with Crippen LogP contribution in [0.5, 0.6) is 0 Å². The largest absolute Gasteiger partial charge is 0.282 e. The second-order valence-electron chi connectivity index (χ2n) is 6.83. The van der Waals surface area contributed by atoms with Gasteiger partial charge in [-0.1, -0.05) is 47.5 Å². The molecule has 2 heterocycles. The number of sulfonamides is 1. The summed E-state index contributed by atoms with van der Waals surface area (Å²) in [5.74, 6) is 0. The molecule has 0 saturated carbocycles. The van der Waals surface area contributed by atoms with Crippen molar-refractivity contribution in [1.29, 1.82) is 0 Å². The van der Waals surface area contributed by atoms with E-state index in [9.17, 15) is 8.42 Å². The van der Waals surface area contributed by atoms with Gasteiger partial charge in [-0.3, -0.25) is 9.47 Å². The van der Waals surface area contributed by atoms with Crippen LogP contribution < -0.4 is 0 Å². The molecule has 1 aliphatic heterocycles. The number of hydrogen-bond donors (Lipinski definition) is 0. The molecule has 0 bridgehead atoms. The van der Waals surface area contributed by atoms with E-state index in [1.54, 1.807) is 17.1 Å². The van der Waals surface area contributed by atoms with Crippen molar-refractivity contribution in [1.82, 2.24) is 23.6 Å². The Morgan fingerprint density at radius 1 is 0.933 bits per heavy atom. The predicted molar refractivity (Wildman–Crippen MR) is 119 cm³/mol. The van der Waals surface area contributed by atoms with Crippen LogP contribution >= 0.6 is 35.4 Å². The van der Waals surface area contributed by atoms with Crippen molar-refractivity contribution in [3.63, 3.8) is 0 Å². The first-order chi connectivity index (χ1) is 14.4. The minimum Gasteiger partial charge on any atom is -0.282 e. The monoisotopic (exact) mass is 483 g/mol. The minimum absolute atomic E-state index is 0.0365. The summed E-state index contributed by atoms with van der Waals surface area (Å²) in [6, 6.07) is 14.4. The summed E-state index contributed by atoms with van der Waals surface area (Å²) in [7, 11) is -3.76. The molecule has 30 heavy (non-hydrogen) atoms. The predicted octanol–water partition coefficient (Wildman–Crippen LogP) is 3.67. The molecule has 1 fully saturated rings. The lowest BCUT2D eigenvalue weighted by atomic mass is 10.3. The Balaban J connectivity index is 1.45. The van der Waals surface area contributed by atoms with E-state index in [0.717, 1.165) is 5.69 Å². The average molecular weight is 484 g/mol. The van der Waals surface area contributed by atoms with Gasteiger partial charge in [-0.2, -0.15) is 9.40 Å². The molecule has 1 aromatic heterocycles. The molecule has 0 spiro atoms. The Hall–Kier alpha value is -1.75. The average Bonchev–Trinajstić information content (AvgIpc) is 3.09. The first-order valence-corrected chi connectivity index (χ1v) is 11.8. The van der Waals surface area contributed by atoms with Crippen LogP contribution in [0.1, 0.15) is 0 Å². The van der Waals surface area contributed by atoms with E-state index >= 15 is 0 Å². The molecule has 11 heteroatoms. The number of piperazine rings is 1. The van der Waals surface area contributed by atoms with Gasteiger partial charge in [0.1, 0.15) is 11.2 Å². The number of hydrogen-bond acceptors (Lipinski definition) is 5. The lowest BCUT2D eigenvalue weighted by Crippen LogP contribution is -2.49. The molecule has 4 rings (SSSR count). The van der Waals surface area contributed by atoms with Crippen molar-refractivity contribution in [3.05, 3.63) is 69.7 Å². The second kappa shape index (κ2) is 8.78. The van der Waals surface area contributed by atoms with Crippen molar-refractivity contribution in [2.75, 3.05) is 26.2 Å². The first-order valence-electron chi connectivity index (χ1n) is 9.24. The third-order valence-electron chi connectivity index (χ3n) is 4.95. The molecular formula is C19H19Cl2N5O2S2. The summed E-state index contributed by atoms with van der Waals surface area (Å²) < 4.78 is 31.6. The number of para-hydroxylation sites is 1. The van der Waals surface area contributed by atoms with Gasteiger partial charge in [0.05, 0.1) is 16.7 Å². The van der Waals surface area contributed by atoms with Gasteiger partial charge in [-0.05, 0) is 36.5 Å². The summed E-state index contributed by atoms with van der Waals surface area (Å²) in [5.41, 5.74) is 0.946. The summed E-state index contributed by atoms with van der Waals surface area (Å²) in [6.45, 7) is 2.23.